The molecular formula is C16H15N5O4. The second-order valence-corrected chi connectivity index (χ2v) is 5.20. The lowest BCUT2D eigenvalue weighted by Gasteiger charge is -2.06. The van der Waals surface area contributed by atoms with E-state index in [9.17, 15) is 20.0 Å². The van der Waals surface area contributed by atoms with E-state index < -0.39 is 4.92 Å². The molecule has 1 aromatic carbocycles. The number of aromatic nitrogens is 2. The van der Waals surface area contributed by atoms with Crippen molar-refractivity contribution in [2.45, 2.75) is 0 Å². The summed E-state index contributed by atoms with van der Waals surface area (Å²) in [6.07, 6.45) is 1.57. The van der Waals surface area contributed by atoms with Crippen molar-refractivity contribution in [2.24, 2.45) is 0 Å². The molecule has 0 atom stereocenters. The number of phenols is 1. The molecule has 25 heavy (non-hydrogen) atoms. The summed E-state index contributed by atoms with van der Waals surface area (Å²) in [5.41, 5.74) is 0.876. The van der Waals surface area contributed by atoms with Crippen LogP contribution in [-0.2, 0) is 0 Å². The third-order valence-corrected chi connectivity index (χ3v) is 3.51. The Labute approximate surface area is 142 Å². The summed E-state index contributed by atoms with van der Waals surface area (Å²) in [7, 11) is 0. The van der Waals surface area contributed by atoms with E-state index in [1.165, 1.54) is 28.7 Å². The number of nitrogens with one attached hydrogen (secondary N) is 2. The van der Waals surface area contributed by atoms with Gasteiger partial charge in [-0.05, 0) is 35.3 Å². The molecule has 0 radical (unpaired) electrons. The van der Waals surface area contributed by atoms with Gasteiger partial charge >= 0.3 is 5.82 Å². The molecule has 2 heterocycles. The van der Waals surface area contributed by atoms with Crippen LogP contribution in [0.15, 0.2) is 48.7 Å². The van der Waals surface area contributed by atoms with Crippen molar-refractivity contribution in [3.05, 3.63) is 64.3 Å². The van der Waals surface area contributed by atoms with Crippen molar-refractivity contribution in [1.82, 2.24) is 14.7 Å². The molecule has 0 saturated heterocycles. The number of nitro groups is 1. The predicted molar refractivity (Wildman–Crippen MR) is 90.8 cm³/mol. The Hall–Kier alpha value is -3.62. The zero-order chi connectivity index (χ0) is 17.8. The molecule has 0 bridgehead atoms. The van der Waals surface area contributed by atoms with Crippen LogP contribution in [0.2, 0.25) is 0 Å². The maximum Gasteiger partial charge on any atom is 0.372 e. The number of fused-ring (bicyclic) bond motifs is 1. The molecular weight excluding hydrogens is 326 g/mol. The number of carbonyl (C=O) groups is 1. The summed E-state index contributed by atoms with van der Waals surface area (Å²) in [5.74, 6) is -0.223. The molecule has 3 rings (SSSR count). The van der Waals surface area contributed by atoms with Gasteiger partial charge in [-0.15, -0.1) is 0 Å². The Balaban J connectivity index is 1.61. The van der Waals surface area contributed by atoms with Crippen LogP contribution >= 0.6 is 0 Å². The molecule has 0 fully saturated rings. The predicted octanol–water partition coefficient (Wildman–Crippen LogP) is 1.79. The van der Waals surface area contributed by atoms with E-state index in [2.05, 4.69) is 15.6 Å². The lowest BCUT2D eigenvalue weighted by atomic mass is 10.2. The maximum absolute atomic E-state index is 11.9. The number of phenolic OH excluding ortho intramolecular Hbond substituents is 1. The molecule has 3 N–H and O–H groups in total. The van der Waals surface area contributed by atoms with E-state index >= 15 is 0 Å². The first-order chi connectivity index (χ1) is 12.1. The monoisotopic (exact) mass is 341 g/mol. The van der Waals surface area contributed by atoms with Crippen molar-refractivity contribution in [1.29, 1.82) is 0 Å². The molecule has 2 aromatic heterocycles. The first-order valence-electron chi connectivity index (χ1n) is 7.49. The van der Waals surface area contributed by atoms with Crippen LogP contribution in [-0.4, -0.2) is 38.4 Å². The normalized spacial score (nSPS) is 10.6. The molecule has 9 nitrogen and oxygen atoms in total. The second-order valence-electron chi connectivity index (χ2n) is 5.20. The van der Waals surface area contributed by atoms with E-state index in [1.807, 2.05) is 0 Å². The topological polar surface area (TPSA) is 122 Å². The molecule has 3 aromatic rings. The van der Waals surface area contributed by atoms with Gasteiger partial charge in [0.25, 0.3) is 5.91 Å². The van der Waals surface area contributed by atoms with Crippen molar-refractivity contribution < 1.29 is 14.8 Å². The quantitative estimate of drug-likeness (QED) is 0.357. The number of pyridine rings is 1. The minimum absolute atomic E-state index is 0.0809. The van der Waals surface area contributed by atoms with E-state index in [0.717, 1.165) is 0 Å². The Bertz CT molecular complexity index is 920. The minimum atomic E-state index is -0.503. The Morgan fingerprint density at radius 2 is 1.96 bits per heavy atom. The highest BCUT2D eigenvalue weighted by Gasteiger charge is 2.21. The minimum Gasteiger partial charge on any atom is -0.508 e. The van der Waals surface area contributed by atoms with Crippen molar-refractivity contribution >= 4 is 23.2 Å². The Morgan fingerprint density at radius 3 is 2.68 bits per heavy atom. The van der Waals surface area contributed by atoms with Gasteiger partial charge in [-0.1, -0.05) is 6.07 Å². The summed E-state index contributed by atoms with van der Waals surface area (Å²) < 4.78 is 1.39. The third kappa shape index (κ3) is 3.50. The molecule has 0 aliphatic carbocycles. The number of hydrogen-bond donors (Lipinski definition) is 3. The van der Waals surface area contributed by atoms with Gasteiger partial charge in [0.05, 0.1) is 6.20 Å². The number of rotatable bonds is 6. The van der Waals surface area contributed by atoms with Crippen LogP contribution in [0.4, 0.5) is 11.6 Å². The first-order valence-corrected chi connectivity index (χ1v) is 7.49. The maximum atomic E-state index is 11.9. The van der Waals surface area contributed by atoms with Gasteiger partial charge in [-0.25, -0.2) is 0 Å². The van der Waals surface area contributed by atoms with Crippen LogP contribution in [0.3, 0.4) is 0 Å². The van der Waals surface area contributed by atoms with E-state index in [-0.39, 0.29) is 36.4 Å². The number of hydrogen-bond acceptors (Lipinski definition) is 6. The van der Waals surface area contributed by atoms with Gasteiger partial charge in [-0.3, -0.25) is 4.79 Å². The van der Waals surface area contributed by atoms with Crippen LogP contribution in [0.5, 0.6) is 5.75 Å². The fourth-order valence-electron chi connectivity index (χ4n) is 2.35. The molecule has 1 amide bonds. The van der Waals surface area contributed by atoms with Gasteiger partial charge in [0, 0.05) is 24.7 Å². The SMILES string of the molecule is O=C(NCCNc1nc2ccccn2c1[N+](=O)[O-])c1ccc(O)cc1. The lowest BCUT2D eigenvalue weighted by molar-refractivity contribution is -0.389. The van der Waals surface area contributed by atoms with E-state index in [4.69, 9.17) is 0 Å². The molecule has 128 valence electrons. The number of amides is 1. The molecule has 9 heteroatoms. The van der Waals surface area contributed by atoms with Gasteiger partial charge in [-0.2, -0.15) is 9.38 Å². The van der Waals surface area contributed by atoms with Crippen LogP contribution in [0, 0.1) is 10.1 Å². The van der Waals surface area contributed by atoms with E-state index in [0.29, 0.717) is 11.2 Å². The van der Waals surface area contributed by atoms with E-state index in [1.54, 1.807) is 24.4 Å². The number of carbonyl (C=O) groups excluding carboxylic acids is 1. The molecule has 0 unspecified atom stereocenters. The number of aromatic hydroxyl groups is 1. The molecule has 0 spiro atoms. The average Bonchev–Trinajstić information content (AvgIpc) is 2.97. The second kappa shape index (κ2) is 6.87. The highest BCUT2D eigenvalue weighted by molar-refractivity contribution is 5.94. The summed E-state index contributed by atoms with van der Waals surface area (Å²) in [5, 5.41) is 26.0. The smallest absolute Gasteiger partial charge is 0.372 e. The van der Waals surface area contributed by atoms with Gasteiger partial charge < -0.3 is 25.9 Å². The number of benzene rings is 1. The average molecular weight is 341 g/mol. The summed E-state index contributed by atoms with van der Waals surface area (Å²) >= 11 is 0. The van der Waals surface area contributed by atoms with Gasteiger partial charge in [0.15, 0.2) is 0 Å². The van der Waals surface area contributed by atoms with Crippen LogP contribution in [0.1, 0.15) is 10.4 Å². The van der Waals surface area contributed by atoms with Crippen molar-refractivity contribution in [2.75, 3.05) is 18.4 Å². The highest BCUT2D eigenvalue weighted by Crippen LogP contribution is 2.24. The van der Waals surface area contributed by atoms with Gasteiger partial charge in [0.2, 0.25) is 11.5 Å². The van der Waals surface area contributed by atoms with Gasteiger partial charge in [0.1, 0.15) is 5.75 Å². The lowest BCUT2D eigenvalue weighted by Crippen LogP contribution is -2.28. The summed E-state index contributed by atoms with van der Waals surface area (Å²) in [4.78, 5) is 26.9. The van der Waals surface area contributed by atoms with Crippen molar-refractivity contribution in [3.63, 3.8) is 0 Å². The first kappa shape index (κ1) is 16.2. The largest absolute Gasteiger partial charge is 0.508 e. The summed E-state index contributed by atoms with van der Waals surface area (Å²) in [6.45, 7) is 0.527. The fraction of sp³-hybridized carbons (Fsp3) is 0.125. The zero-order valence-corrected chi connectivity index (χ0v) is 13.0. The molecule has 0 saturated carbocycles. The van der Waals surface area contributed by atoms with Crippen LogP contribution in [0.25, 0.3) is 5.65 Å². The van der Waals surface area contributed by atoms with Crippen molar-refractivity contribution in [3.8, 4) is 5.75 Å². The molecule has 0 aliphatic heterocycles. The Kier molecular flexibility index (Phi) is 4.46. The number of anilines is 1. The highest BCUT2D eigenvalue weighted by atomic mass is 16.6. The zero-order valence-electron chi connectivity index (χ0n) is 13.0. The standard InChI is InChI=1S/C16H15N5O4/c22-12-6-4-11(5-7-12)15(23)18-9-8-17-14-16(21(24)25)20-10-2-1-3-13(20)19-14/h1-7,10,17,22H,8-9H2,(H,18,23). The third-order valence-electron chi connectivity index (χ3n) is 3.51. The van der Waals surface area contributed by atoms with Crippen LogP contribution < -0.4 is 10.6 Å². The number of imidazole rings is 1. The summed E-state index contributed by atoms with van der Waals surface area (Å²) in [6, 6.07) is 11.0. The number of nitrogens with zero attached hydrogens (tertiary/aromatic N) is 3. The fourth-order valence-corrected chi connectivity index (χ4v) is 2.35. The Morgan fingerprint density at radius 1 is 1.20 bits per heavy atom. The molecule has 0 aliphatic rings.